The Kier molecular flexibility index (Phi) is 9.93. The lowest BCUT2D eigenvalue weighted by Crippen LogP contribution is -2.34. The van der Waals surface area contributed by atoms with Crippen LogP contribution in [0.1, 0.15) is 123 Å². The Bertz CT molecular complexity index is 2400. The molecular formula is C50H62N4O. The molecular weight excluding hydrogens is 673 g/mol. The van der Waals surface area contributed by atoms with Gasteiger partial charge in [0.1, 0.15) is 17.3 Å². The van der Waals surface area contributed by atoms with Gasteiger partial charge in [0.2, 0.25) is 0 Å². The molecule has 0 N–H and O–H groups in total. The molecule has 0 radical (unpaired) electrons. The molecule has 0 amide bonds. The van der Waals surface area contributed by atoms with Crippen molar-refractivity contribution in [3.8, 4) is 23.0 Å². The van der Waals surface area contributed by atoms with Gasteiger partial charge in [-0.15, -0.1) is 0 Å². The molecule has 0 bridgehead atoms. The Morgan fingerprint density at radius 2 is 1.51 bits per heavy atom. The van der Waals surface area contributed by atoms with Crippen molar-refractivity contribution in [2.75, 3.05) is 0 Å². The van der Waals surface area contributed by atoms with E-state index in [1.807, 2.05) is 6.20 Å². The Labute approximate surface area is 329 Å². The van der Waals surface area contributed by atoms with Gasteiger partial charge < -0.3 is 4.74 Å². The summed E-state index contributed by atoms with van der Waals surface area (Å²) in [4.78, 5) is 4.88. The smallest absolute Gasteiger partial charge is 0.137 e. The molecule has 3 heterocycles. The summed E-state index contributed by atoms with van der Waals surface area (Å²) >= 11 is 0. The van der Waals surface area contributed by atoms with E-state index in [4.69, 9.17) is 14.8 Å². The average Bonchev–Trinajstić information content (AvgIpc) is 3.58. The van der Waals surface area contributed by atoms with Gasteiger partial charge in [0, 0.05) is 46.3 Å². The molecule has 3 aromatic carbocycles. The normalized spacial score (nSPS) is 17.0. The van der Waals surface area contributed by atoms with Gasteiger partial charge in [-0.05, 0) is 115 Å². The topological polar surface area (TPSA) is 44.9 Å². The molecule has 7 rings (SSSR count). The lowest BCUT2D eigenvalue weighted by atomic mass is 9.59. The fourth-order valence-corrected chi connectivity index (χ4v) is 9.12. The standard InChI is InChI=1S/C50H62N4O/c1-31(2)25-34-23-24-51-45(26-34)53-43-20-15-14-17-39(43)40-22-21-37(30-44(40)53)55-38-28-35(48(5,6)7)27-36(29-38)54-33(4)46(32(3)52-54)47-41(49(8,9)10)18-16-19-42(47)50(11,12)13/h14-15,17-18,20-24,26-31,42,47H,16,19,25H2,1-13H3/t42-,47-/m0/s1. The summed E-state index contributed by atoms with van der Waals surface area (Å²) in [5, 5.41) is 7.70. The molecule has 5 heteroatoms. The van der Waals surface area contributed by atoms with E-state index in [1.54, 1.807) is 5.57 Å². The highest BCUT2D eigenvalue weighted by molar-refractivity contribution is 6.09. The van der Waals surface area contributed by atoms with Gasteiger partial charge in [0.05, 0.1) is 22.4 Å². The molecule has 2 atom stereocenters. The zero-order valence-corrected chi connectivity index (χ0v) is 35.6. The number of hydrogen-bond donors (Lipinski definition) is 0. The molecule has 3 aromatic heterocycles. The molecule has 0 unspecified atom stereocenters. The van der Waals surface area contributed by atoms with Gasteiger partial charge in [-0.25, -0.2) is 9.67 Å². The van der Waals surface area contributed by atoms with Crippen LogP contribution in [-0.4, -0.2) is 19.3 Å². The van der Waals surface area contributed by atoms with Gasteiger partial charge >= 0.3 is 0 Å². The van der Waals surface area contributed by atoms with Crippen LogP contribution < -0.4 is 4.74 Å². The molecule has 1 aliphatic rings. The summed E-state index contributed by atoms with van der Waals surface area (Å²) in [5.74, 6) is 3.93. The van der Waals surface area contributed by atoms with Crippen LogP contribution in [-0.2, 0) is 11.8 Å². The fraction of sp³-hybridized carbons (Fsp3) is 0.440. The lowest BCUT2D eigenvalue weighted by Gasteiger charge is -2.45. The summed E-state index contributed by atoms with van der Waals surface area (Å²) in [7, 11) is 0. The molecule has 288 valence electrons. The summed E-state index contributed by atoms with van der Waals surface area (Å²) in [6, 6.07) is 26.1. The van der Waals surface area contributed by atoms with E-state index in [0.29, 0.717) is 17.8 Å². The van der Waals surface area contributed by atoms with Crippen molar-refractivity contribution >= 4 is 21.8 Å². The first-order valence-corrected chi connectivity index (χ1v) is 20.4. The number of benzene rings is 3. The van der Waals surface area contributed by atoms with Crippen LogP contribution in [0.4, 0.5) is 0 Å². The van der Waals surface area contributed by atoms with Crippen LogP contribution in [0.15, 0.2) is 90.6 Å². The molecule has 0 saturated carbocycles. The van der Waals surface area contributed by atoms with Crippen molar-refractivity contribution < 1.29 is 4.74 Å². The van der Waals surface area contributed by atoms with Crippen LogP contribution in [0.5, 0.6) is 11.5 Å². The zero-order valence-electron chi connectivity index (χ0n) is 35.6. The third-order valence-corrected chi connectivity index (χ3v) is 11.8. The van der Waals surface area contributed by atoms with Crippen molar-refractivity contribution in [1.82, 2.24) is 19.3 Å². The van der Waals surface area contributed by atoms with Crippen molar-refractivity contribution in [3.05, 3.63) is 119 Å². The Morgan fingerprint density at radius 3 is 2.20 bits per heavy atom. The van der Waals surface area contributed by atoms with Gasteiger partial charge in [0.25, 0.3) is 0 Å². The van der Waals surface area contributed by atoms with Crippen LogP contribution in [0.3, 0.4) is 0 Å². The number of allylic oxidation sites excluding steroid dienone is 2. The number of ether oxygens (including phenoxy) is 1. The van der Waals surface area contributed by atoms with Crippen molar-refractivity contribution in [2.24, 2.45) is 22.7 Å². The monoisotopic (exact) mass is 734 g/mol. The summed E-state index contributed by atoms with van der Waals surface area (Å²) in [5.41, 5.74) is 11.1. The first-order chi connectivity index (χ1) is 25.8. The van der Waals surface area contributed by atoms with E-state index < -0.39 is 0 Å². The molecule has 1 aliphatic carbocycles. The molecule has 0 fully saturated rings. The van der Waals surface area contributed by atoms with E-state index in [-0.39, 0.29) is 16.2 Å². The number of para-hydroxylation sites is 1. The molecule has 0 saturated heterocycles. The number of hydrogen-bond acceptors (Lipinski definition) is 3. The largest absolute Gasteiger partial charge is 0.457 e. The average molecular weight is 735 g/mol. The number of rotatable bonds is 7. The van der Waals surface area contributed by atoms with E-state index in [0.717, 1.165) is 52.6 Å². The highest BCUT2D eigenvalue weighted by atomic mass is 16.5. The maximum atomic E-state index is 6.88. The predicted molar refractivity (Wildman–Crippen MR) is 231 cm³/mol. The van der Waals surface area contributed by atoms with Gasteiger partial charge in [-0.3, -0.25) is 4.57 Å². The minimum Gasteiger partial charge on any atom is -0.457 e. The summed E-state index contributed by atoms with van der Waals surface area (Å²) in [6.07, 6.45) is 7.81. The molecule has 55 heavy (non-hydrogen) atoms. The lowest BCUT2D eigenvalue weighted by molar-refractivity contribution is 0.180. The predicted octanol–water partition coefficient (Wildman–Crippen LogP) is 13.8. The second-order valence-electron chi connectivity index (χ2n) is 19.7. The fourth-order valence-electron chi connectivity index (χ4n) is 9.12. The summed E-state index contributed by atoms with van der Waals surface area (Å²) in [6.45, 7) is 30.2. The summed E-state index contributed by atoms with van der Waals surface area (Å²) < 4.78 is 11.3. The number of pyridine rings is 1. The second kappa shape index (κ2) is 14.1. The number of aryl methyl sites for hydroxylation is 1. The van der Waals surface area contributed by atoms with Crippen LogP contribution in [0.2, 0.25) is 0 Å². The third kappa shape index (κ3) is 7.52. The number of nitrogens with zero attached hydrogens (tertiary/aromatic N) is 4. The second-order valence-corrected chi connectivity index (χ2v) is 19.7. The van der Waals surface area contributed by atoms with Gasteiger partial charge in [-0.2, -0.15) is 5.10 Å². The third-order valence-electron chi connectivity index (χ3n) is 11.8. The molecule has 5 nitrogen and oxygen atoms in total. The Balaban J connectivity index is 1.34. The van der Waals surface area contributed by atoms with Crippen LogP contribution in [0.25, 0.3) is 33.3 Å². The van der Waals surface area contributed by atoms with E-state index in [2.05, 4.69) is 178 Å². The van der Waals surface area contributed by atoms with Crippen molar-refractivity contribution in [1.29, 1.82) is 0 Å². The first kappa shape index (κ1) is 38.6. The minimum atomic E-state index is -0.0983. The van der Waals surface area contributed by atoms with E-state index in [9.17, 15) is 0 Å². The highest BCUT2D eigenvalue weighted by Crippen LogP contribution is 2.53. The van der Waals surface area contributed by atoms with Crippen LogP contribution >= 0.6 is 0 Å². The number of aromatic nitrogens is 4. The zero-order chi connectivity index (χ0) is 39.6. The highest BCUT2D eigenvalue weighted by Gasteiger charge is 2.42. The Hall–Kier alpha value is -4.64. The minimum absolute atomic E-state index is 0.0719. The maximum Gasteiger partial charge on any atom is 0.137 e. The van der Waals surface area contributed by atoms with E-state index >= 15 is 0 Å². The van der Waals surface area contributed by atoms with Crippen molar-refractivity contribution in [2.45, 2.75) is 121 Å². The number of fused-ring (bicyclic) bond motifs is 3. The molecule has 0 aliphatic heterocycles. The van der Waals surface area contributed by atoms with Crippen molar-refractivity contribution in [3.63, 3.8) is 0 Å². The molecule has 6 aromatic rings. The van der Waals surface area contributed by atoms with Gasteiger partial charge in [-0.1, -0.05) is 106 Å². The van der Waals surface area contributed by atoms with E-state index in [1.165, 1.54) is 39.6 Å². The quantitative estimate of drug-likeness (QED) is 0.153. The molecule has 0 spiro atoms. The van der Waals surface area contributed by atoms with Crippen LogP contribution in [0, 0.1) is 36.5 Å². The SMILES string of the molecule is Cc1nn(-c2cc(Oc3ccc4c5ccccc5n(-c5cc(CC(C)C)ccn5)c4c3)cc(C(C)(C)C)c2)c(C)c1[C@H]1C(C(C)(C)C)=CCC[C@@H]1C(C)(C)C. The Morgan fingerprint density at radius 1 is 0.782 bits per heavy atom. The van der Waals surface area contributed by atoms with Gasteiger partial charge in [0.15, 0.2) is 0 Å². The maximum absolute atomic E-state index is 6.88. The first-order valence-electron chi connectivity index (χ1n) is 20.4.